The van der Waals surface area contributed by atoms with E-state index in [2.05, 4.69) is 10.6 Å². The molecule has 2 amide bonds. The number of benzene rings is 4. The molecule has 0 aliphatic rings. The van der Waals surface area contributed by atoms with Gasteiger partial charge < -0.3 is 54.0 Å². The Hall–Kier alpha value is -8.44. The van der Waals surface area contributed by atoms with E-state index in [1.54, 1.807) is 72.8 Å². The zero-order chi connectivity index (χ0) is 79.6. The van der Waals surface area contributed by atoms with Gasteiger partial charge in [-0.05, 0) is 165 Å². The SMILES string of the molecule is NCCCCCCCC(=O)c1cccc(C(=O)CCCCCCCCC(=O)c2cccc(C(=O)CCCCCCCN)c2)c1.NCCCCCCCC(=O)c1cccc(C(=O)CCCCCCCNC(=O)c2cccc(C(=O)NCCCCCCN)c2)c1.O=C(O)CCCCC(=O)O.O=C(O)CCCCC(=O)O. The molecule has 600 valence electrons. The number of amides is 2. The minimum Gasteiger partial charge on any atom is -0.481 e. The maximum atomic E-state index is 12.7. The zero-order valence-corrected chi connectivity index (χ0v) is 64.6. The number of nitrogens with one attached hydrogen (secondary N) is 2. The Morgan fingerprint density at radius 2 is 0.370 bits per heavy atom. The summed E-state index contributed by atoms with van der Waals surface area (Å²) in [7, 11) is 0. The molecule has 4 rings (SSSR count). The van der Waals surface area contributed by atoms with Gasteiger partial charge in [0, 0.05) is 122 Å². The number of hydrogen-bond donors (Lipinski definition) is 10. The Balaban J connectivity index is 0.000000859. The number of unbranched alkanes of at least 4 members (excludes halogenated alkanes) is 26. The molecule has 0 unspecified atom stereocenters. The molecule has 108 heavy (non-hydrogen) atoms. The maximum absolute atomic E-state index is 12.7. The number of Topliss-reactive ketones (excluding diaryl/α,β-unsaturated/α-hetero) is 6. The van der Waals surface area contributed by atoms with Crippen molar-refractivity contribution in [3.05, 3.63) is 142 Å². The molecule has 0 aliphatic heterocycles. The van der Waals surface area contributed by atoms with Gasteiger partial charge in [0.05, 0.1) is 0 Å². The van der Waals surface area contributed by atoms with Crippen molar-refractivity contribution >= 4 is 70.4 Å². The standard InChI is InChI=1S/C38H56N2O4.C36H54N4O4.2C6H10O4/c39-27-15-9-3-7-13-25-37(43)33-21-17-19-31(29-33)35(41)23-11-5-1-2-6-12-24-36(42)32-20-18-22-34(30-32)38(44)26-14-8-4-10-16-28-40;37-23-11-5-1-3-9-21-33(41)29-17-15-18-30(27-29)34(42)22-10-4-2-7-13-25-39-35(43)31-19-16-20-32(28-31)36(44)40-26-14-8-6-12-24-38;2*7-5(8)3-1-2-4-6(9)10/h17-22,29-30H,1-16,23-28,39-40H2;15-20,27-28H,1-14,21-26,37-38H2,(H,39,43)(H,40,44);2*1-4H2,(H,7,8)(H,9,10). The van der Waals surface area contributed by atoms with Crippen LogP contribution in [0, 0.1) is 0 Å². The van der Waals surface area contributed by atoms with Crippen LogP contribution in [0.25, 0.3) is 0 Å². The van der Waals surface area contributed by atoms with Gasteiger partial charge in [0.15, 0.2) is 34.7 Å². The lowest BCUT2D eigenvalue weighted by Gasteiger charge is -2.08. The number of aliphatic carboxylic acids is 4. The normalized spacial score (nSPS) is 10.6. The quantitative estimate of drug-likeness (QED) is 0.0145. The van der Waals surface area contributed by atoms with Gasteiger partial charge in [0.2, 0.25) is 0 Å². The highest BCUT2D eigenvalue weighted by Crippen LogP contribution is 2.20. The molecule has 0 bridgehead atoms. The molecule has 4 aromatic rings. The lowest BCUT2D eigenvalue weighted by atomic mass is 9.97. The van der Waals surface area contributed by atoms with E-state index in [4.69, 9.17) is 43.4 Å². The first-order valence-corrected chi connectivity index (χ1v) is 40.0. The number of carbonyl (C=O) groups is 12. The number of carboxylic acid groups (broad SMARTS) is 4. The van der Waals surface area contributed by atoms with Crippen LogP contribution >= 0.6 is 0 Å². The molecule has 22 heteroatoms. The molecule has 0 atom stereocenters. The summed E-state index contributed by atoms with van der Waals surface area (Å²) in [5.74, 6) is -3.25. The number of ketones is 6. The van der Waals surface area contributed by atoms with Crippen molar-refractivity contribution in [2.75, 3.05) is 39.3 Å². The second-order valence-corrected chi connectivity index (χ2v) is 27.6. The predicted octanol–water partition coefficient (Wildman–Crippen LogP) is 16.6. The molecule has 22 nitrogen and oxygen atoms in total. The summed E-state index contributed by atoms with van der Waals surface area (Å²) in [6.07, 6.45) is 34.7. The third-order valence-corrected chi connectivity index (χ3v) is 18.1. The first kappa shape index (κ1) is 97.6. The van der Waals surface area contributed by atoms with Crippen LogP contribution in [-0.2, 0) is 19.2 Å². The Bertz CT molecular complexity index is 2820. The molecule has 0 spiro atoms. The van der Waals surface area contributed by atoms with Crippen molar-refractivity contribution in [2.45, 2.75) is 283 Å². The second-order valence-electron chi connectivity index (χ2n) is 27.6. The molecule has 0 saturated heterocycles. The minimum atomic E-state index is -0.870. The number of hydrogen-bond acceptors (Lipinski definition) is 16. The van der Waals surface area contributed by atoms with E-state index in [-0.39, 0.29) is 72.2 Å². The highest BCUT2D eigenvalue weighted by molar-refractivity contribution is 6.03. The van der Waals surface area contributed by atoms with Crippen molar-refractivity contribution in [1.29, 1.82) is 0 Å². The van der Waals surface area contributed by atoms with Crippen LogP contribution in [0.15, 0.2) is 97.1 Å². The fourth-order valence-corrected chi connectivity index (χ4v) is 11.7. The van der Waals surface area contributed by atoms with Crippen molar-refractivity contribution < 1.29 is 78.0 Å². The van der Waals surface area contributed by atoms with Gasteiger partial charge in [-0.3, -0.25) is 57.5 Å². The predicted molar refractivity (Wildman–Crippen MR) is 426 cm³/mol. The molecule has 0 aliphatic carbocycles. The summed E-state index contributed by atoms with van der Waals surface area (Å²) in [6.45, 7) is 4.03. The van der Waals surface area contributed by atoms with Crippen LogP contribution in [0.1, 0.15) is 365 Å². The average Bonchev–Trinajstić information content (AvgIpc) is 0.887. The van der Waals surface area contributed by atoms with E-state index in [0.29, 0.717) is 128 Å². The maximum Gasteiger partial charge on any atom is 0.303 e. The number of carbonyl (C=O) groups excluding carboxylic acids is 8. The third-order valence-electron chi connectivity index (χ3n) is 18.1. The van der Waals surface area contributed by atoms with Gasteiger partial charge in [-0.15, -0.1) is 0 Å². The van der Waals surface area contributed by atoms with E-state index in [9.17, 15) is 57.5 Å². The van der Waals surface area contributed by atoms with Gasteiger partial charge in [-0.1, -0.05) is 176 Å². The van der Waals surface area contributed by atoms with Gasteiger partial charge >= 0.3 is 23.9 Å². The summed E-state index contributed by atoms with van der Waals surface area (Å²) in [4.78, 5) is 140. The third kappa shape index (κ3) is 52.6. The van der Waals surface area contributed by atoms with Crippen LogP contribution in [-0.4, -0.2) is 130 Å². The second kappa shape index (κ2) is 65.6. The Morgan fingerprint density at radius 1 is 0.213 bits per heavy atom. The Kier molecular flexibility index (Phi) is 59.3. The summed E-state index contributed by atoms with van der Waals surface area (Å²) in [5, 5.41) is 38.4. The molecule has 0 aromatic heterocycles. The minimum absolute atomic E-state index is 0.0628. The van der Waals surface area contributed by atoms with Crippen LogP contribution in [0.5, 0.6) is 0 Å². The lowest BCUT2D eigenvalue weighted by molar-refractivity contribution is -0.139. The molecule has 0 heterocycles. The molecule has 0 radical (unpaired) electrons. The van der Waals surface area contributed by atoms with Crippen LogP contribution in [0.2, 0.25) is 0 Å². The van der Waals surface area contributed by atoms with E-state index >= 15 is 0 Å². The van der Waals surface area contributed by atoms with Crippen LogP contribution < -0.4 is 33.6 Å². The molecular weight excluding hydrogens is 1370 g/mol. The van der Waals surface area contributed by atoms with Crippen molar-refractivity contribution in [2.24, 2.45) is 22.9 Å². The molecule has 14 N–H and O–H groups in total. The summed E-state index contributed by atoms with van der Waals surface area (Å²) in [5.41, 5.74) is 26.8. The first-order chi connectivity index (χ1) is 52.2. The van der Waals surface area contributed by atoms with E-state index in [1.807, 2.05) is 24.3 Å². The molecular formula is C86H130N6O16. The van der Waals surface area contributed by atoms with Gasteiger partial charge in [0.25, 0.3) is 11.8 Å². The van der Waals surface area contributed by atoms with Gasteiger partial charge in [-0.2, -0.15) is 0 Å². The fraction of sp³-hybridized carbons (Fsp3) is 0.581. The molecule has 4 aromatic carbocycles. The van der Waals surface area contributed by atoms with E-state index in [1.165, 1.54) is 0 Å². The smallest absolute Gasteiger partial charge is 0.303 e. The van der Waals surface area contributed by atoms with Gasteiger partial charge in [-0.25, -0.2) is 0 Å². The van der Waals surface area contributed by atoms with E-state index in [0.717, 1.165) is 212 Å². The highest BCUT2D eigenvalue weighted by atomic mass is 16.4. The Morgan fingerprint density at radius 3 is 0.565 bits per heavy atom. The van der Waals surface area contributed by atoms with E-state index < -0.39 is 23.9 Å². The topological polar surface area (TPSA) is 414 Å². The number of nitrogens with two attached hydrogens (primary N) is 4. The zero-order valence-electron chi connectivity index (χ0n) is 64.6. The first-order valence-electron chi connectivity index (χ1n) is 40.0. The Labute approximate surface area is 642 Å². The summed E-state index contributed by atoms with van der Waals surface area (Å²) >= 11 is 0. The van der Waals surface area contributed by atoms with Crippen molar-refractivity contribution in [1.82, 2.24) is 10.6 Å². The average molecular weight is 1500 g/mol. The van der Waals surface area contributed by atoms with Crippen molar-refractivity contribution in [3.8, 4) is 0 Å². The van der Waals surface area contributed by atoms with Crippen LogP contribution in [0.3, 0.4) is 0 Å². The number of carboxylic acids is 4. The summed E-state index contributed by atoms with van der Waals surface area (Å²) < 4.78 is 0. The number of rotatable bonds is 62. The van der Waals surface area contributed by atoms with Crippen molar-refractivity contribution in [3.63, 3.8) is 0 Å². The monoisotopic (exact) mass is 1500 g/mol. The van der Waals surface area contributed by atoms with Gasteiger partial charge in [0.1, 0.15) is 0 Å². The van der Waals surface area contributed by atoms with Crippen LogP contribution in [0.4, 0.5) is 0 Å². The lowest BCUT2D eigenvalue weighted by Crippen LogP contribution is -2.26. The fourth-order valence-electron chi connectivity index (χ4n) is 11.7. The highest BCUT2D eigenvalue weighted by Gasteiger charge is 2.16. The summed E-state index contributed by atoms with van der Waals surface area (Å²) in [6, 6.07) is 28.3. The molecule has 0 saturated carbocycles. The largest absolute Gasteiger partial charge is 0.481 e. The molecule has 0 fully saturated rings.